The Labute approximate surface area is 250 Å². The molecule has 3 N–H and O–H groups in total. The maximum absolute atomic E-state index is 13.8. The number of nitrogens with one attached hydrogen (secondary N) is 2. The smallest absolute Gasteiger partial charge is 0.273 e. The predicted octanol–water partition coefficient (Wildman–Crippen LogP) is 3.86. The molecule has 0 radical (unpaired) electrons. The Morgan fingerprint density at radius 3 is 2.42 bits per heavy atom. The van der Waals surface area contributed by atoms with Gasteiger partial charge in [-0.15, -0.1) is 0 Å². The number of hydrogen-bond donors (Lipinski definition) is 3. The quantitative estimate of drug-likeness (QED) is 0.290. The minimum Gasteiger partial charge on any atom is -0.393 e. The minimum absolute atomic E-state index is 0.00263. The fourth-order valence-corrected chi connectivity index (χ4v) is 7.17. The number of rotatable bonds is 7. The van der Waals surface area contributed by atoms with Crippen molar-refractivity contribution in [2.75, 3.05) is 48.9 Å². The number of likely N-dealkylation sites (N-methyl/N-ethyl adjacent to an activating group) is 1. The van der Waals surface area contributed by atoms with Gasteiger partial charge in [-0.2, -0.15) is 9.89 Å². The number of halogens is 1. The number of hydrogen-bond acceptors (Lipinski definition) is 8. The van der Waals surface area contributed by atoms with E-state index >= 15 is 0 Å². The van der Waals surface area contributed by atoms with Gasteiger partial charge in [0.05, 0.1) is 44.5 Å². The van der Waals surface area contributed by atoms with Gasteiger partial charge in [0.15, 0.2) is 0 Å². The molecule has 3 aromatic carbocycles. The maximum atomic E-state index is 13.8. The van der Waals surface area contributed by atoms with E-state index < -0.39 is 15.7 Å². The lowest BCUT2D eigenvalue weighted by atomic mass is 9.92. The second-order valence-corrected chi connectivity index (χ2v) is 13.3. The number of para-hydroxylation sites is 1. The monoisotopic (exact) mass is 606 g/mol. The minimum atomic E-state index is -3.95. The molecule has 1 aliphatic heterocycles. The van der Waals surface area contributed by atoms with E-state index in [4.69, 9.17) is 0 Å². The van der Waals surface area contributed by atoms with E-state index in [0.717, 1.165) is 69.3 Å². The molecule has 1 saturated heterocycles. The molecule has 1 aliphatic carbocycles. The zero-order chi connectivity index (χ0) is 30.1. The van der Waals surface area contributed by atoms with Crippen LogP contribution >= 0.6 is 0 Å². The number of carbonyl (C=O) groups excluding carboxylic acids is 1. The summed E-state index contributed by atoms with van der Waals surface area (Å²) in [4.78, 5) is 19.5. The molecular formula is C31H35FN6O4S. The van der Waals surface area contributed by atoms with E-state index in [1.807, 2.05) is 12.1 Å². The van der Waals surface area contributed by atoms with Crippen LogP contribution in [0.2, 0.25) is 0 Å². The summed E-state index contributed by atoms with van der Waals surface area (Å²) in [5.41, 5.74) is 5.61. The third-order valence-electron chi connectivity index (χ3n) is 8.32. The Kier molecular flexibility index (Phi) is 8.08. The highest BCUT2D eigenvalue weighted by Gasteiger charge is 2.27. The number of aromatic nitrogens is 2. The van der Waals surface area contributed by atoms with Gasteiger partial charge in [-0.1, -0.05) is 12.1 Å². The molecule has 2 fully saturated rings. The van der Waals surface area contributed by atoms with E-state index in [2.05, 4.69) is 32.7 Å². The Morgan fingerprint density at radius 2 is 1.67 bits per heavy atom. The number of aliphatic hydroxyl groups excluding tert-OH is 1. The second-order valence-electron chi connectivity index (χ2n) is 11.3. The normalized spacial score (nSPS) is 19.8. The van der Waals surface area contributed by atoms with E-state index in [1.54, 1.807) is 12.1 Å². The average molecular weight is 607 g/mol. The summed E-state index contributed by atoms with van der Waals surface area (Å²) in [6, 6.07) is 15.2. The lowest BCUT2D eigenvalue weighted by Crippen LogP contribution is -2.45. The molecule has 43 heavy (non-hydrogen) atoms. The van der Waals surface area contributed by atoms with Crippen molar-refractivity contribution in [1.29, 1.82) is 0 Å². The van der Waals surface area contributed by atoms with Gasteiger partial charge < -0.3 is 20.2 Å². The fourth-order valence-electron chi connectivity index (χ4n) is 5.85. The van der Waals surface area contributed by atoms with Crippen molar-refractivity contribution in [3.8, 4) is 0 Å². The van der Waals surface area contributed by atoms with Crippen molar-refractivity contribution >= 4 is 38.0 Å². The van der Waals surface area contributed by atoms with Gasteiger partial charge >= 0.3 is 0 Å². The number of anilines is 2. The highest BCUT2D eigenvalue weighted by molar-refractivity contribution is 7.91. The standard InChI is InChI=1S/C31H35FN6O4S/c1-36-14-16-37(17-15-36)30-27(6-3-7-28(30)34-23-8-10-24(39)11-9-23)31(40)35-38-29-13-12-26(18-21(29)20-33-38)43(41,42)25-5-2-4-22(32)19-25/h2-7,12-13,18-20,23-24,34,39H,8-11,14-17H2,1H3,(H,35,40). The van der Waals surface area contributed by atoms with Gasteiger partial charge in [-0.3, -0.25) is 4.79 Å². The van der Waals surface area contributed by atoms with Crippen LogP contribution in [0.15, 0.2) is 76.7 Å². The van der Waals surface area contributed by atoms with E-state index in [-0.39, 0.29) is 27.8 Å². The summed E-state index contributed by atoms with van der Waals surface area (Å²) < 4.78 is 39.9. The molecule has 12 heteroatoms. The van der Waals surface area contributed by atoms with Gasteiger partial charge in [0.1, 0.15) is 5.82 Å². The van der Waals surface area contributed by atoms with Crippen LogP contribution in [0.1, 0.15) is 36.0 Å². The SMILES string of the molecule is CN1CCN(c2c(NC3CCC(O)CC3)cccc2C(=O)Nn2ncc3cc(S(=O)(=O)c4cccc(F)c4)ccc32)CC1. The van der Waals surface area contributed by atoms with Crippen molar-refractivity contribution in [3.05, 3.63) is 78.2 Å². The Morgan fingerprint density at radius 1 is 0.953 bits per heavy atom. The number of sulfone groups is 1. The van der Waals surface area contributed by atoms with Crippen LogP contribution in [0.25, 0.3) is 10.9 Å². The van der Waals surface area contributed by atoms with Gasteiger partial charge in [-0.25, -0.2) is 18.2 Å². The van der Waals surface area contributed by atoms with E-state index in [9.17, 15) is 22.7 Å². The maximum Gasteiger partial charge on any atom is 0.273 e. The lowest BCUT2D eigenvalue weighted by Gasteiger charge is -2.37. The number of benzene rings is 3. The van der Waals surface area contributed by atoms with Gasteiger partial charge in [0.2, 0.25) is 9.84 Å². The second kappa shape index (κ2) is 11.9. The molecule has 2 heterocycles. The topological polar surface area (TPSA) is 120 Å². The van der Waals surface area contributed by atoms with E-state index in [1.165, 1.54) is 41.3 Å². The predicted molar refractivity (Wildman–Crippen MR) is 163 cm³/mol. The first-order valence-corrected chi connectivity index (χ1v) is 16.0. The number of aliphatic hydroxyl groups is 1. The molecule has 1 amide bonds. The average Bonchev–Trinajstić information content (AvgIpc) is 3.40. The largest absolute Gasteiger partial charge is 0.393 e. The molecule has 2 aliphatic rings. The summed E-state index contributed by atoms with van der Waals surface area (Å²) in [7, 11) is -1.86. The molecule has 0 spiro atoms. The number of fused-ring (bicyclic) bond motifs is 1. The summed E-state index contributed by atoms with van der Waals surface area (Å²) in [5.74, 6) is -0.983. The van der Waals surface area contributed by atoms with Crippen molar-refractivity contribution in [2.24, 2.45) is 0 Å². The molecule has 0 atom stereocenters. The van der Waals surface area contributed by atoms with Crippen LogP contribution in [0.5, 0.6) is 0 Å². The van der Waals surface area contributed by atoms with Gasteiger partial charge in [0, 0.05) is 37.6 Å². The van der Waals surface area contributed by atoms with Crippen molar-refractivity contribution in [3.63, 3.8) is 0 Å². The molecule has 0 bridgehead atoms. The third-order valence-corrected chi connectivity index (χ3v) is 10.1. The van der Waals surface area contributed by atoms with Crippen LogP contribution in [0.3, 0.4) is 0 Å². The Balaban J connectivity index is 1.29. The molecule has 1 aromatic heterocycles. The molecule has 6 rings (SSSR count). The number of nitrogens with zero attached hydrogens (tertiary/aromatic N) is 4. The zero-order valence-corrected chi connectivity index (χ0v) is 24.7. The molecule has 226 valence electrons. The number of amides is 1. The summed E-state index contributed by atoms with van der Waals surface area (Å²) in [6.07, 6.45) is 4.44. The summed E-state index contributed by atoms with van der Waals surface area (Å²) in [5, 5.41) is 18.4. The Hall–Kier alpha value is -4.00. The molecular weight excluding hydrogens is 571 g/mol. The number of carbonyl (C=O) groups is 1. The first-order valence-electron chi connectivity index (χ1n) is 14.5. The molecule has 10 nitrogen and oxygen atoms in total. The fraction of sp³-hybridized carbons (Fsp3) is 0.355. The molecule has 1 saturated carbocycles. The Bertz CT molecular complexity index is 1740. The van der Waals surface area contributed by atoms with Crippen LogP contribution in [0.4, 0.5) is 15.8 Å². The van der Waals surface area contributed by atoms with Crippen molar-refractivity contribution < 1.29 is 22.7 Å². The highest BCUT2D eigenvalue weighted by atomic mass is 32.2. The third kappa shape index (κ3) is 6.08. The number of piperazine rings is 1. The van der Waals surface area contributed by atoms with Crippen molar-refractivity contribution in [2.45, 2.75) is 47.6 Å². The molecule has 4 aromatic rings. The van der Waals surface area contributed by atoms with Crippen LogP contribution in [-0.4, -0.2) is 79.6 Å². The zero-order valence-electron chi connectivity index (χ0n) is 23.9. The van der Waals surface area contributed by atoms with Gasteiger partial charge in [-0.05, 0) is 81.3 Å². The van der Waals surface area contributed by atoms with Crippen LogP contribution < -0.4 is 15.6 Å². The van der Waals surface area contributed by atoms with Gasteiger partial charge in [0.25, 0.3) is 5.91 Å². The van der Waals surface area contributed by atoms with Crippen molar-refractivity contribution in [1.82, 2.24) is 14.8 Å². The first kappa shape index (κ1) is 29.1. The lowest BCUT2D eigenvalue weighted by molar-refractivity contribution is 0.101. The molecule has 0 unspecified atom stereocenters. The summed E-state index contributed by atoms with van der Waals surface area (Å²) >= 11 is 0. The summed E-state index contributed by atoms with van der Waals surface area (Å²) in [6.45, 7) is 3.28. The van der Waals surface area contributed by atoms with Crippen LogP contribution in [-0.2, 0) is 9.84 Å². The first-order chi connectivity index (χ1) is 20.7. The van der Waals surface area contributed by atoms with Crippen LogP contribution in [0, 0.1) is 5.82 Å². The van der Waals surface area contributed by atoms with E-state index in [0.29, 0.717) is 16.5 Å². The highest BCUT2D eigenvalue weighted by Crippen LogP contribution is 2.34.